The van der Waals surface area contributed by atoms with Crippen LogP contribution in [0.1, 0.15) is 54.9 Å². The molecule has 1 fully saturated rings. The zero-order chi connectivity index (χ0) is 14.8. The van der Waals surface area contributed by atoms with Crippen LogP contribution in [0.3, 0.4) is 0 Å². The van der Waals surface area contributed by atoms with Crippen molar-refractivity contribution >= 4 is 19.4 Å². The van der Waals surface area contributed by atoms with Gasteiger partial charge >= 0.3 is 7.60 Å². The molecule has 0 aromatic rings. The van der Waals surface area contributed by atoms with E-state index in [1.807, 2.05) is 39.5 Å². The lowest BCUT2D eigenvalue weighted by molar-refractivity contribution is 0.131. The number of thioether (sulfide) groups is 1. The number of nitrogens with one attached hydrogen (secondary N) is 1. The van der Waals surface area contributed by atoms with E-state index >= 15 is 0 Å². The summed E-state index contributed by atoms with van der Waals surface area (Å²) in [6.07, 6.45) is 0.759. The van der Waals surface area contributed by atoms with Gasteiger partial charge in [-0.3, -0.25) is 9.88 Å². The van der Waals surface area contributed by atoms with Gasteiger partial charge in [0.25, 0.3) is 0 Å². The third-order valence-corrected chi connectivity index (χ3v) is 7.48. The van der Waals surface area contributed by atoms with Crippen LogP contribution in [0, 0.1) is 0 Å². The lowest BCUT2D eigenvalue weighted by atomic mass is 10.2. The van der Waals surface area contributed by atoms with E-state index in [1.54, 1.807) is 0 Å². The van der Waals surface area contributed by atoms with E-state index in [4.69, 9.17) is 9.05 Å². The summed E-state index contributed by atoms with van der Waals surface area (Å²) in [6, 6.07) is 0. The van der Waals surface area contributed by atoms with Gasteiger partial charge in [-0.05, 0) is 48.0 Å². The zero-order valence-electron chi connectivity index (χ0n) is 13.1. The van der Waals surface area contributed by atoms with Crippen LogP contribution in [-0.2, 0) is 13.6 Å². The van der Waals surface area contributed by atoms with E-state index in [9.17, 15) is 4.57 Å². The van der Waals surface area contributed by atoms with Crippen LogP contribution in [0.4, 0.5) is 0 Å². The van der Waals surface area contributed by atoms with Crippen molar-refractivity contribution in [3.63, 3.8) is 0 Å². The molecule has 4 nitrogen and oxygen atoms in total. The summed E-state index contributed by atoms with van der Waals surface area (Å²) in [5.74, 6) is -0.264. The topological polar surface area (TPSA) is 47.6 Å². The predicted molar refractivity (Wildman–Crippen MR) is 82.7 cm³/mol. The van der Waals surface area contributed by atoms with Crippen LogP contribution >= 0.6 is 19.4 Å². The van der Waals surface area contributed by atoms with Crippen molar-refractivity contribution < 1.29 is 13.6 Å². The lowest BCUT2D eigenvalue weighted by Gasteiger charge is -2.33. The van der Waals surface area contributed by atoms with E-state index in [-0.39, 0.29) is 22.7 Å². The predicted octanol–water partition coefficient (Wildman–Crippen LogP) is 4.21. The minimum Gasteiger partial charge on any atom is -0.305 e. The largest absolute Gasteiger partial charge is 0.349 e. The standard InChI is InChI=1S/C13H28NO3PS/c1-8-11-14-12(13(6,7)19-11)18(15,16-9(2)3)17-10(4)5/h9-12,14H,8H2,1-7H3. The molecule has 0 amide bonds. The maximum Gasteiger partial charge on any atom is 0.349 e. The summed E-state index contributed by atoms with van der Waals surface area (Å²) in [7, 11) is -3.18. The fourth-order valence-electron chi connectivity index (χ4n) is 2.25. The summed E-state index contributed by atoms with van der Waals surface area (Å²) in [5.41, 5.74) is 0. The number of rotatable bonds is 6. The van der Waals surface area contributed by atoms with Gasteiger partial charge in [-0.25, -0.2) is 0 Å². The molecule has 1 aliphatic rings. The molecular weight excluding hydrogens is 281 g/mol. The molecule has 0 saturated carbocycles. The van der Waals surface area contributed by atoms with Crippen molar-refractivity contribution in [2.75, 3.05) is 0 Å². The Kier molecular flexibility index (Phi) is 5.98. The Labute approximate surface area is 121 Å². The van der Waals surface area contributed by atoms with E-state index in [1.165, 1.54) is 0 Å². The third-order valence-electron chi connectivity index (χ3n) is 2.85. The quantitative estimate of drug-likeness (QED) is 0.745. The highest BCUT2D eigenvalue weighted by molar-refractivity contribution is 8.01. The van der Waals surface area contributed by atoms with Crippen molar-refractivity contribution in [2.24, 2.45) is 0 Å². The molecule has 0 bridgehead atoms. The molecule has 19 heavy (non-hydrogen) atoms. The summed E-state index contributed by atoms with van der Waals surface area (Å²) in [4.78, 5) is 0. The molecule has 2 atom stereocenters. The van der Waals surface area contributed by atoms with Crippen LogP contribution in [0.5, 0.6) is 0 Å². The summed E-state index contributed by atoms with van der Waals surface area (Å²) >= 11 is 1.81. The van der Waals surface area contributed by atoms with Crippen molar-refractivity contribution in [2.45, 2.75) is 83.0 Å². The Morgan fingerprint density at radius 1 is 1.21 bits per heavy atom. The van der Waals surface area contributed by atoms with E-state index in [2.05, 4.69) is 26.1 Å². The second-order valence-electron chi connectivity index (χ2n) is 6.04. The maximum absolute atomic E-state index is 13.2. The fourth-order valence-corrected chi connectivity index (χ4v) is 6.81. The van der Waals surface area contributed by atoms with Crippen LogP contribution in [0.2, 0.25) is 0 Å². The van der Waals surface area contributed by atoms with E-state index in [0.717, 1.165) is 6.42 Å². The normalized spacial score (nSPS) is 27.4. The molecule has 1 N–H and O–H groups in total. The Balaban J connectivity index is 3.00. The Bertz CT molecular complexity index is 333. The van der Waals surface area contributed by atoms with Gasteiger partial charge in [-0.1, -0.05) is 6.92 Å². The molecule has 0 aromatic carbocycles. The summed E-state index contributed by atoms with van der Waals surface area (Å²) in [6.45, 7) is 13.9. The number of hydrogen-bond donors (Lipinski definition) is 1. The molecule has 2 unspecified atom stereocenters. The highest BCUT2D eigenvalue weighted by atomic mass is 32.2. The maximum atomic E-state index is 13.2. The van der Waals surface area contributed by atoms with Crippen molar-refractivity contribution in [1.82, 2.24) is 5.32 Å². The van der Waals surface area contributed by atoms with Crippen molar-refractivity contribution in [3.05, 3.63) is 0 Å². The highest BCUT2D eigenvalue weighted by Gasteiger charge is 2.53. The monoisotopic (exact) mass is 309 g/mol. The van der Waals surface area contributed by atoms with Gasteiger partial charge in [-0.15, -0.1) is 11.8 Å². The Hall–Kier alpha value is 0.460. The van der Waals surface area contributed by atoms with E-state index < -0.39 is 7.60 Å². The first-order chi connectivity index (χ1) is 8.60. The first-order valence-electron chi connectivity index (χ1n) is 7.01. The minimum atomic E-state index is -3.18. The minimum absolute atomic E-state index is 0.118. The number of hydrogen-bond acceptors (Lipinski definition) is 5. The molecule has 114 valence electrons. The second-order valence-corrected chi connectivity index (χ2v) is 9.91. The molecule has 1 rings (SSSR count). The molecule has 1 saturated heterocycles. The van der Waals surface area contributed by atoms with Crippen molar-refractivity contribution in [1.29, 1.82) is 0 Å². The smallest absolute Gasteiger partial charge is 0.305 e. The van der Waals surface area contributed by atoms with Gasteiger partial charge in [0.05, 0.1) is 17.6 Å². The van der Waals surface area contributed by atoms with Gasteiger partial charge in [-0.2, -0.15) is 0 Å². The molecular formula is C13H28NO3PS. The molecule has 1 aliphatic heterocycles. The highest BCUT2D eigenvalue weighted by Crippen LogP contribution is 2.62. The van der Waals surface area contributed by atoms with Gasteiger partial charge in [0.2, 0.25) is 0 Å². The van der Waals surface area contributed by atoms with Gasteiger partial charge in [0.15, 0.2) is 0 Å². The molecule has 1 heterocycles. The third kappa shape index (κ3) is 4.47. The van der Waals surface area contributed by atoms with Crippen LogP contribution < -0.4 is 5.32 Å². The molecule has 0 spiro atoms. The lowest BCUT2D eigenvalue weighted by Crippen LogP contribution is -2.40. The zero-order valence-corrected chi connectivity index (χ0v) is 14.8. The summed E-state index contributed by atoms with van der Waals surface area (Å²) in [5, 5.41) is 3.74. The van der Waals surface area contributed by atoms with Crippen LogP contribution in [-0.4, -0.2) is 28.1 Å². The summed E-state index contributed by atoms with van der Waals surface area (Å²) < 4.78 is 24.5. The first-order valence-corrected chi connectivity index (χ1v) is 9.50. The second kappa shape index (κ2) is 6.48. The molecule has 0 aromatic heterocycles. The van der Waals surface area contributed by atoms with Crippen LogP contribution in [0.15, 0.2) is 0 Å². The van der Waals surface area contributed by atoms with Gasteiger partial charge in [0.1, 0.15) is 5.78 Å². The Morgan fingerprint density at radius 3 is 2.00 bits per heavy atom. The van der Waals surface area contributed by atoms with Crippen molar-refractivity contribution in [3.8, 4) is 0 Å². The Morgan fingerprint density at radius 2 is 1.68 bits per heavy atom. The fraction of sp³-hybridized carbons (Fsp3) is 1.00. The molecule has 0 radical (unpaired) electrons. The van der Waals surface area contributed by atoms with Gasteiger partial charge < -0.3 is 9.05 Å². The molecule has 6 heteroatoms. The van der Waals surface area contributed by atoms with Gasteiger partial charge in [0, 0.05) is 4.75 Å². The first kappa shape index (κ1) is 17.5. The molecule has 0 aliphatic carbocycles. The average Bonchev–Trinajstić information content (AvgIpc) is 2.51. The van der Waals surface area contributed by atoms with Crippen LogP contribution in [0.25, 0.3) is 0 Å². The average molecular weight is 309 g/mol. The van der Waals surface area contributed by atoms with E-state index in [0.29, 0.717) is 5.37 Å². The SMILES string of the molecule is CCC1NC(P(=O)(OC(C)C)OC(C)C)C(C)(C)S1.